The number of carbonyl (C=O) groups is 1. The van der Waals surface area contributed by atoms with Crippen LogP contribution in [0.15, 0.2) is 28.7 Å². The van der Waals surface area contributed by atoms with E-state index in [0.29, 0.717) is 30.0 Å². The minimum atomic E-state index is -4.50. The Morgan fingerprint density at radius 3 is 2.75 bits per heavy atom. The molecule has 1 fully saturated rings. The molecule has 1 N–H and O–H groups in total. The highest BCUT2D eigenvalue weighted by atomic mass is 19.4. The molecule has 0 radical (unpaired) electrons. The summed E-state index contributed by atoms with van der Waals surface area (Å²) in [5, 5.41) is 15.0. The second-order valence-electron chi connectivity index (χ2n) is 6.69. The zero-order valence-electron chi connectivity index (χ0n) is 14.6. The summed E-state index contributed by atoms with van der Waals surface area (Å²) in [7, 11) is 0. The van der Waals surface area contributed by atoms with Crippen LogP contribution in [-0.4, -0.2) is 32.7 Å². The van der Waals surface area contributed by atoms with Crippen molar-refractivity contribution in [2.45, 2.75) is 32.0 Å². The average Bonchev–Trinajstić information content (AvgIpc) is 3.18. The summed E-state index contributed by atoms with van der Waals surface area (Å²) in [6.45, 7) is 1.71. The number of fused-ring (bicyclic) bond motifs is 1. The first-order valence-corrected chi connectivity index (χ1v) is 8.51. The fourth-order valence-electron chi connectivity index (χ4n) is 3.01. The van der Waals surface area contributed by atoms with Gasteiger partial charge in [-0.05, 0) is 43.9 Å². The van der Waals surface area contributed by atoms with Crippen LogP contribution in [-0.2, 0) is 0 Å². The quantitative estimate of drug-likeness (QED) is 0.739. The molecule has 0 saturated heterocycles. The number of amides is 1. The van der Waals surface area contributed by atoms with E-state index in [1.54, 1.807) is 19.1 Å². The summed E-state index contributed by atoms with van der Waals surface area (Å²) in [5.74, 6) is -0.993. The Kier molecular flexibility index (Phi) is 4.10. The number of nitrogens with one attached hydrogen (secondary N) is 1. The molecule has 4 rings (SSSR count). The SMILES string of the molecule is Cc1cc(-c2ccc(C#N)o2)nc2cc(C(=O)NC(C3CC3)C(F)(F)F)nn12. The molecule has 3 heterocycles. The number of hydrogen-bond donors (Lipinski definition) is 1. The van der Waals surface area contributed by atoms with Crippen LogP contribution >= 0.6 is 0 Å². The lowest BCUT2D eigenvalue weighted by Crippen LogP contribution is -2.47. The largest absolute Gasteiger partial charge is 0.444 e. The predicted octanol–water partition coefficient (Wildman–Crippen LogP) is 3.24. The number of nitriles is 1. The highest BCUT2D eigenvalue weighted by Crippen LogP contribution is 2.40. The lowest BCUT2D eigenvalue weighted by molar-refractivity contribution is -0.158. The van der Waals surface area contributed by atoms with Crippen molar-refractivity contribution < 1.29 is 22.4 Å². The molecule has 1 unspecified atom stereocenters. The highest BCUT2D eigenvalue weighted by molar-refractivity contribution is 5.93. The van der Waals surface area contributed by atoms with Crippen molar-refractivity contribution in [3.63, 3.8) is 0 Å². The van der Waals surface area contributed by atoms with E-state index in [1.807, 2.05) is 6.07 Å². The summed E-state index contributed by atoms with van der Waals surface area (Å²) in [6.07, 6.45) is -3.63. The third-order valence-corrected chi connectivity index (χ3v) is 4.54. The maximum Gasteiger partial charge on any atom is 0.408 e. The van der Waals surface area contributed by atoms with Crippen LogP contribution < -0.4 is 5.32 Å². The van der Waals surface area contributed by atoms with Gasteiger partial charge in [-0.2, -0.15) is 23.5 Å². The molecule has 1 amide bonds. The maximum atomic E-state index is 13.1. The maximum absolute atomic E-state index is 13.1. The van der Waals surface area contributed by atoms with Crippen LogP contribution in [0.5, 0.6) is 0 Å². The number of rotatable bonds is 4. The minimum absolute atomic E-state index is 0.126. The number of nitrogens with zero attached hydrogens (tertiary/aromatic N) is 4. The molecular weight excluding hydrogens is 375 g/mol. The third-order valence-electron chi connectivity index (χ3n) is 4.54. The van der Waals surface area contributed by atoms with Crippen molar-refractivity contribution in [1.29, 1.82) is 5.26 Å². The van der Waals surface area contributed by atoms with Gasteiger partial charge in [-0.3, -0.25) is 4.79 Å². The molecule has 1 atom stereocenters. The Morgan fingerprint density at radius 2 is 2.14 bits per heavy atom. The van der Waals surface area contributed by atoms with Crippen molar-refractivity contribution in [3.8, 4) is 17.5 Å². The van der Waals surface area contributed by atoms with Gasteiger partial charge in [-0.25, -0.2) is 9.50 Å². The molecule has 3 aromatic heterocycles. The van der Waals surface area contributed by atoms with Crippen LogP contribution in [0.2, 0.25) is 0 Å². The van der Waals surface area contributed by atoms with Gasteiger partial charge in [-0.1, -0.05) is 0 Å². The van der Waals surface area contributed by atoms with Crippen molar-refractivity contribution in [2.24, 2.45) is 5.92 Å². The van der Waals surface area contributed by atoms with Crippen molar-refractivity contribution in [2.75, 3.05) is 0 Å². The zero-order valence-corrected chi connectivity index (χ0v) is 14.6. The molecule has 0 bridgehead atoms. The summed E-state index contributed by atoms with van der Waals surface area (Å²) < 4.78 is 46.1. The Hall–Kier alpha value is -3.35. The first-order valence-electron chi connectivity index (χ1n) is 8.51. The molecule has 28 heavy (non-hydrogen) atoms. The van der Waals surface area contributed by atoms with E-state index in [2.05, 4.69) is 15.4 Å². The molecular formula is C18H14F3N5O2. The highest BCUT2D eigenvalue weighted by Gasteiger charge is 2.49. The van der Waals surface area contributed by atoms with E-state index in [-0.39, 0.29) is 17.1 Å². The van der Waals surface area contributed by atoms with Gasteiger partial charge in [0.1, 0.15) is 17.8 Å². The molecule has 10 heteroatoms. The monoisotopic (exact) mass is 389 g/mol. The average molecular weight is 389 g/mol. The Morgan fingerprint density at radius 1 is 1.39 bits per heavy atom. The summed E-state index contributed by atoms with van der Waals surface area (Å²) in [6, 6.07) is 6.05. The van der Waals surface area contributed by atoms with Crippen LogP contribution in [0.1, 0.15) is 34.8 Å². The number of hydrogen-bond acceptors (Lipinski definition) is 5. The fourth-order valence-corrected chi connectivity index (χ4v) is 3.01. The van der Waals surface area contributed by atoms with Gasteiger partial charge in [0.2, 0.25) is 5.76 Å². The lowest BCUT2D eigenvalue weighted by Gasteiger charge is -2.20. The smallest absolute Gasteiger partial charge is 0.408 e. The van der Waals surface area contributed by atoms with Crippen LogP contribution in [0, 0.1) is 24.2 Å². The summed E-state index contributed by atoms with van der Waals surface area (Å²) >= 11 is 0. The number of aryl methyl sites for hydroxylation is 1. The molecule has 3 aromatic rings. The Labute approximate surface area is 156 Å². The fraction of sp³-hybridized carbons (Fsp3) is 0.333. The summed E-state index contributed by atoms with van der Waals surface area (Å²) in [5.41, 5.74) is 1.15. The molecule has 0 spiro atoms. The third kappa shape index (κ3) is 3.31. The van der Waals surface area contributed by atoms with Crippen molar-refractivity contribution in [3.05, 3.63) is 41.4 Å². The Bertz CT molecular complexity index is 1100. The second-order valence-corrected chi connectivity index (χ2v) is 6.69. The van der Waals surface area contributed by atoms with Gasteiger partial charge in [0.25, 0.3) is 5.91 Å². The molecule has 1 aliphatic carbocycles. The molecule has 7 nitrogen and oxygen atoms in total. The standard InChI is InChI=1S/C18H14F3N5O2/c1-9-6-12(14-5-4-11(8-22)28-14)23-15-7-13(25-26(9)15)17(27)24-16(10-2-3-10)18(19,20)21/h4-7,10,16H,2-3H2,1H3,(H,24,27). The van der Waals surface area contributed by atoms with Crippen LogP contribution in [0.3, 0.4) is 0 Å². The van der Waals surface area contributed by atoms with E-state index >= 15 is 0 Å². The van der Waals surface area contributed by atoms with Crippen LogP contribution in [0.4, 0.5) is 13.2 Å². The van der Waals surface area contributed by atoms with Crippen LogP contribution in [0.25, 0.3) is 17.1 Å². The van der Waals surface area contributed by atoms with E-state index in [1.165, 1.54) is 16.6 Å². The van der Waals surface area contributed by atoms with Gasteiger partial charge in [0, 0.05) is 11.8 Å². The molecule has 0 aromatic carbocycles. The number of carbonyl (C=O) groups excluding carboxylic acids is 1. The molecule has 1 saturated carbocycles. The van der Waals surface area contributed by atoms with E-state index in [4.69, 9.17) is 9.68 Å². The van der Waals surface area contributed by atoms with Gasteiger partial charge >= 0.3 is 6.18 Å². The Balaban J connectivity index is 1.65. The second kappa shape index (κ2) is 6.37. The zero-order chi connectivity index (χ0) is 20.1. The lowest BCUT2D eigenvalue weighted by atomic mass is 10.1. The number of halogens is 3. The van der Waals surface area contributed by atoms with Gasteiger partial charge < -0.3 is 9.73 Å². The molecule has 144 valence electrons. The predicted molar refractivity (Wildman–Crippen MR) is 90.2 cm³/mol. The molecule has 1 aliphatic rings. The van der Waals surface area contributed by atoms with E-state index in [0.717, 1.165) is 0 Å². The number of aromatic nitrogens is 3. The van der Waals surface area contributed by atoms with Crippen molar-refractivity contribution in [1.82, 2.24) is 19.9 Å². The van der Waals surface area contributed by atoms with E-state index in [9.17, 15) is 18.0 Å². The number of alkyl halides is 3. The van der Waals surface area contributed by atoms with E-state index < -0.39 is 24.0 Å². The first-order chi connectivity index (χ1) is 13.3. The molecule has 0 aliphatic heterocycles. The minimum Gasteiger partial charge on any atom is -0.444 e. The van der Waals surface area contributed by atoms with Gasteiger partial charge in [0.15, 0.2) is 17.1 Å². The van der Waals surface area contributed by atoms with Gasteiger partial charge in [0.05, 0.1) is 0 Å². The number of furan rings is 1. The topological polar surface area (TPSA) is 96.2 Å². The summed E-state index contributed by atoms with van der Waals surface area (Å²) in [4.78, 5) is 16.7. The normalized spacial score (nSPS) is 15.4. The van der Waals surface area contributed by atoms with Gasteiger partial charge in [-0.15, -0.1) is 0 Å². The first kappa shape index (κ1) is 18.0. The van der Waals surface area contributed by atoms with Crippen molar-refractivity contribution >= 4 is 11.6 Å².